The molecule has 0 spiro atoms. The summed E-state index contributed by atoms with van der Waals surface area (Å²) >= 11 is 0. The highest BCUT2D eigenvalue weighted by Gasteiger charge is 2.26. The van der Waals surface area contributed by atoms with Crippen LogP contribution in [-0.4, -0.2) is 33.0 Å². The standard InChI is InChI=1S/C24H25NO6/c1-15-13-21(28)23(20(14-22(29)31-2)17-5-9-19(27)10-6-17)24(30)25(15)12-11-16-3-7-18(26)8-4-16/h3-10,13,20,26-28H,11-12,14H2,1-2H3/t20-/m1/s1. The topological polar surface area (TPSA) is 109 Å². The van der Waals surface area contributed by atoms with Crippen molar-refractivity contribution >= 4 is 5.97 Å². The molecule has 0 unspecified atom stereocenters. The Morgan fingerprint density at radius 3 is 2.16 bits per heavy atom. The van der Waals surface area contributed by atoms with Crippen LogP contribution in [0.5, 0.6) is 17.2 Å². The molecule has 3 N–H and O–H groups in total. The fourth-order valence-corrected chi connectivity index (χ4v) is 3.62. The summed E-state index contributed by atoms with van der Waals surface area (Å²) in [6.07, 6.45) is 0.414. The molecule has 0 radical (unpaired) electrons. The van der Waals surface area contributed by atoms with Gasteiger partial charge >= 0.3 is 5.97 Å². The van der Waals surface area contributed by atoms with E-state index in [1.807, 2.05) is 0 Å². The number of nitrogens with zero attached hydrogens (tertiary/aromatic N) is 1. The van der Waals surface area contributed by atoms with Crippen LogP contribution in [-0.2, 0) is 22.5 Å². The molecule has 3 aromatic rings. The third kappa shape index (κ3) is 5.06. The number of phenolic OH excluding ortho intramolecular Hbond substituents is 2. The fourth-order valence-electron chi connectivity index (χ4n) is 3.62. The van der Waals surface area contributed by atoms with E-state index in [0.717, 1.165) is 5.56 Å². The monoisotopic (exact) mass is 423 g/mol. The van der Waals surface area contributed by atoms with Crippen molar-refractivity contribution in [1.82, 2.24) is 4.57 Å². The van der Waals surface area contributed by atoms with Crippen molar-refractivity contribution in [2.45, 2.75) is 32.2 Å². The number of rotatable bonds is 7. The number of esters is 1. The first kappa shape index (κ1) is 22.0. The molecule has 0 saturated heterocycles. The number of aryl methyl sites for hydroxylation is 2. The van der Waals surface area contributed by atoms with Crippen molar-refractivity contribution in [3.05, 3.63) is 87.3 Å². The van der Waals surface area contributed by atoms with Gasteiger partial charge in [0.15, 0.2) is 0 Å². The molecule has 162 valence electrons. The minimum atomic E-state index is -0.735. The van der Waals surface area contributed by atoms with Gasteiger partial charge in [0.05, 0.1) is 19.1 Å². The van der Waals surface area contributed by atoms with Gasteiger partial charge in [0.1, 0.15) is 17.2 Å². The Labute approximate surface area is 179 Å². The van der Waals surface area contributed by atoms with Crippen LogP contribution in [0.15, 0.2) is 59.4 Å². The number of benzene rings is 2. The molecule has 7 nitrogen and oxygen atoms in total. The number of hydrogen-bond donors (Lipinski definition) is 3. The van der Waals surface area contributed by atoms with E-state index in [2.05, 4.69) is 0 Å². The molecule has 0 aliphatic carbocycles. The van der Waals surface area contributed by atoms with E-state index in [1.165, 1.54) is 25.3 Å². The minimum absolute atomic E-state index is 0.0556. The van der Waals surface area contributed by atoms with E-state index in [4.69, 9.17) is 4.74 Å². The van der Waals surface area contributed by atoms with Gasteiger partial charge in [-0.2, -0.15) is 0 Å². The lowest BCUT2D eigenvalue weighted by molar-refractivity contribution is -0.140. The third-order valence-electron chi connectivity index (χ3n) is 5.33. The van der Waals surface area contributed by atoms with E-state index in [1.54, 1.807) is 47.9 Å². The Kier molecular flexibility index (Phi) is 6.65. The van der Waals surface area contributed by atoms with Crippen molar-refractivity contribution in [3.63, 3.8) is 0 Å². The van der Waals surface area contributed by atoms with Gasteiger partial charge in [0.25, 0.3) is 5.56 Å². The molecule has 3 rings (SSSR count). The molecular weight excluding hydrogens is 398 g/mol. The highest BCUT2D eigenvalue weighted by molar-refractivity contribution is 5.71. The van der Waals surface area contributed by atoms with Gasteiger partial charge in [0, 0.05) is 18.2 Å². The molecule has 0 amide bonds. The van der Waals surface area contributed by atoms with Gasteiger partial charge in [-0.15, -0.1) is 0 Å². The lowest BCUT2D eigenvalue weighted by Crippen LogP contribution is -2.29. The SMILES string of the molecule is COC(=O)C[C@H](c1ccc(O)cc1)c1c(O)cc(C)n(CCc2ccc(O)cc2)c1=O. The first-order chi connectivity index (χ1) is 14.8. The van der Waals surface area contributed by atoms with E-state index in [9.17, 15) is 24.9 Å². The molecule has 0 saturated carbocycles. The summed E-state index contributed by atoms with van der Waals surface area (Å²) in [5, 5.41) is 29.7. The number of aromatic hydroxyl groups is 3. The number of ether oxygens (including phenoxy) is 1. The highest BCUT2D eigenvalue weighted by atomic mass is 16.5. The molecule has 31 heavy (non-hydrogen) atoms. The summed E-state index contributed by atoms with van der Waals surface area (Å²) in [7, 11) is 1.27. The maximum atomic E-state index is 13.4. The Morgan fingerprint density at radius 2 is 1.58 bits per heavy atom. The smallest absolute Gasteiger partial charge is 0.306 e. The molecule has 2 aromatic carbocycles. The third-order valence-corrected chi connectivity index (χ3v) is 5.33. The molecule has 1 atom stereocenters. The Balaban J connectivity index is 2.03. The van der Waals surface area contributed by atoms with E-state index in [-0.39, 0.29) is 29.2 Å². The Morgan fingerprint density at radius 1 is 1.00 bits per heavy atom. The second-order valence-corrected chi connectivity index (χ2v) is 7.38. The molecule has 0 aliphatic heterocycles. The van der Waals surface area contributed by atoms with Crippen LogP contribution in [0.2, 0.25) is 0 Å². The lowest BCUT2D eigenvalue weighted by Gasteiger charge is -2.20. The van der Waals surface area contributed by atoms with Crippen molar-refractivity contribution in [1.29, 1.82) is 0 Å². The predicted octanol–water partition coefficient (Wildman–Crippen LogP) is 3.21. The second kappa shape index (κ2) is 9.38. The zero-order valence-corrected chi connectivity index (χ0v) is 17.4. The minimum Gasteiger partial charge on any atom is -0.508 e. The molecule has 1 aromatic heterocycles. The van der Waals surface area contributed by atoms with E-state index >= 15 is 0 Å². The van der Waals surface area contributed by atoms with Gasteiger partial charge < -0.3 is 24.6 Å². The van der Waals surface area contributed by atoms with Crippen LogP contribution < -0.4 is 5.56 Å². The van der Waals surface area contributed by atoms with Gasteiger partial charge in [-0.3, -0.25) is 9.59 Å². The van der Waals surface area contributed by atoms with Gasteiger partial charge in [-0.1, -0.05) is 24.3 Å². The number of aromatic nitrogens is 1. The van der Waals surface area contributed by atoms with Gasteiger partial charge in [-0.05, 0) is 54.8 Å². The highest BCUT2D eigenvalue weighted by Crippen LogP contribution is 2.33. The zero-order valence-electron chi connectivity index (χ0n) is 17.4. The molecule has 0 fully saturated rings. The average Bonchev–Trinajstić information content (AvgIpc) is 2.74. The summed E-state index contributed by atoms with van der Waals surface area (Å²) in [6.45, 7) is 2.10. The van der Waals surface area contributed by atoms with E-state index < -0.39 is 17.4 Å². The van der Waals surface area contributed by atoms with Crippen molar-refractivity contribution in [3.8, 4) is 17.2 Å². The molecular formula is C24H25NO6. The van der Waals surface area contributed by atoms with Crippen LogP contribution in [0.4, 0.5) is 0 Å². The van der Waals surface area contributed by atoms with Crippen LogP contribution in [0, 0.1) is 6.92 Å². The number of phenols is 2. The molecule has 1 heterocycles. The zero-order chi connectivity index (χ0) is 22.5. The summed E-state index contributed by atoms with van der Waals surface area (Å²) < 4.78 is 6.36. The number of carbonyl (C=O) groups is 1. The summed E-state index contributed by atoms with van der Waals surface area (Å²) in [6, 6.07) is 14.4. The Hall–Kier alpha value is -3.74. The van der Waals surface area contributed by atoms with Crippen molar-refractivity contribution in [2.75, 3.05) is 7.11 Å². The largest absolute Gasteiger partial charge is 0.508 e. The van der Waals surface area contributed by atoms with Crippen molar-refractivity contribution < 1.29 is 24.9 Å². The van der Waals surface area contributed by atoms with Gasteiger partial charge in [0.2, 0.25) is 0 Å². The number of methoxy groups -OCH3 is 1. The molecule has 0 bridgehead atoms. The number of hydrogen-bond acceptors (Lipinski definition) is 6. The second-order valence-electron chi connectivity index (χ2n) is 7.38. The van der Waals surface area contributed by atoms with Crippen LogP contribution in [0.1, 0.15) is 34.7 Å². The van der Waals surface area contributed by atoms with Crippen LogP contribution >= 0.6 is 0 Å². The first-order valence-electron chi connectivity index (χ1n) is 9.87. The van der Waals surface area contributed by atoms with Crippen LogP contribution in [0.3, 0.4) is 0 Å². The number of carbonyl (C=O) groups excluding carboxylic acids is 1. The normalized spacial score (nSPS) is 11.8. The quantitative estimate of drug-likeness (QED) is 0.504. The maximum absolute atomic E-state index is 13.4. The average molecular weight is 423 g/mol. The predicted molar refractivity (Wildman–Crippen MR) is 115 cm³/mol. The van der Waals surface area contributed by atoms with Gasteiger partial charge in [-0.25, -0.2) is 0 Å². The summed E-state index contributed by atoms with van der Waals surface area (Å²) in [5.41, 5.74) is 1.85. The Bertz CT molecular complexity index is 1120. The lowest BCUT2D eigenvalue weighted by atomic mass is 9.88. The first-order valence-corrected chi connectivity index (χ1v) is 9.87. The summed E-state index contributed by atoms with van der Waals surface area (Å²) in [5.74, 6) is -1.22. The maximum Gasteiger partial charge on any atom is 0.306 e. The van der Waals surface area contributed by atoms with Crippen LogP contribution in [0.25, 0.3) is 0 Å². The van der Waals surface area contributed by atoms with Crippen molar-refractivity contribution in [2.24, 2.45) is 0 Å². The molecule has 0 aliphatic rings. The summed E-state index contributed by atoms with van der Waals surface area (Å²) in [4.78, 5) is 25.5. The number of pyridine rings is 1. The molecule has 7 heteroatoms. The fraction of sp³-hybridized carbons (Fsp3) is 0.250. The van der Waals surface area contributed by atoms with E-state index in [0.29, 0.717) is 24.2 Å².